The molecule has 1 rings (SSSR count). The fraction of sp³-hybridized carbons (Fsp3) is 0.847. The highest BCUT2D eigenvalue weighted by Crippen LogP contribution is 2.24. The zero-order chi connectivity index (χ0) is 58.6. The monoisotopic (exact) mass is 1140 g/mol. The van der Waals surface area contributed by atoms with Crippen LogP contribution in [0.25, 0.3) is 0 Å². The molecule has 0 spiro atoms. The molecule has 0 aromatic rings. The molecule has 0 saturated carbocycles. The second-order valence-electron chi connectivity index (χ2n) is 24.3. The Morgan fingerprint density at radius 3 is 1.14 bits per heavy atom. The SMILES string of the molecule is CC/C=C\C/C=C\C/C=C\C/C=C\C/C=C\CCCCCCCCCCCCCCCCCCCCCC(=O)NC(COC1OC(CO)C(O)C(O)C1O)C(O)CCCCCCCCCCCCCCCCCCCCCCCCC. The van der Waals surface area contributed by atoms with Gasteiger partial charge < -0.3 is 40.3 Å². The number of unbranched alkanes of at least 4 members (excludes halogenated alkanes) is 41. The molecular weight excluding hydrogens is 1010 g/mol. The van der Waals surface area contributed by atoms with E-state index >= 15 is 0 Å². The van der Waals surface area contributed by atoms with Gasteiger partial charge in [-0.3, -0.25) is 4.79 Å². The second-order valence-corrected chi connectivity index (χ2v) is 24.3. The first-order valence-corrected chi connectivity index (χ1v) is 35.0. The van der Waals surface area contributed by atoms with E-state index in [2.05, 4.69) is 79.9 Å². The van der Waals surface area contributed by atoms with Gasteiger partial charge in [-0.05, 0) is 57.8 Å². The Hall–Kier alpha value is -2.11. The maximum absolute atomic E-state index is 13.2. The van der Waals surface area contributed by atoms with E-state index in [4.69, 9.17) is 9.47 Å². The Bertz CT molecular complexity index is 1460. The number of hydrogen-bond donors (Lipinski definition) is 6. The summed E-state index contributed by atoms with van der Waals surface area (Å²) in [7, 11) is 0. The number of amides is 1. The first-order chi connectivity index (χ1) is 39.8. The van der Waals surface area contributed by atoms with Gasteiger partial charge in [-0.1, -0.05) is 331 Å². The average Bonchev–Trinajstić information content (AvgIpc) is 3.48. The molecule has 9 nitrogen and oxygen atoms in total. The van der Waals surface area contributed by atoms with Crippen LogP contribution < -0.4 is 5.32 Å². The molecule has 0 aromatic carbocycles. The Labute approximate surface area is 500 Å². The van der Waals surface area contributed by atoms with Gasteiger partial charge in [0, 0.05) is 6.42 Å². The second kappa shape index (κ2) is 61.0. The van der Waals surface area contributed by atoms with Crippen molar-refractivity contribution < 1.29 is 39.8 Å². The molecule has 7 atom stereocenters. The predicted molar refractivity (Wildman–Crippen MR) is 346 cm³/mol. The highest BCUT2D eigenvalue weighted by atomic mass is 16.7. The normalized spacial score (nSPS) is 18.7. The fourth-order valence-corrected chi connectivity index (χ4v) is 11.2. The number of aliphatic hydroxyl groups is 5. The number of ether oxygens (including phenoxy) is 2. The predicted octanol–water partition coefficient (Wildman–Crippen LogP) is 19.0. The molecule has 9 heteroatoms. The summed E-state index contributed by atoms with van der Waals surface area (Å²) in [6, 6.07) is -0.721. The van der Waals surface area contributed by atoms with Crippen LogP contribution >= 0.6 is 0 Å². The van der Waals surface area contributed by atoms with E-state index < -0.39 is 49.5 Å². The molecule has 0 radical (unpaired) electrons. The highest BCUT2D eigenvalue weighted by Gasteiger charge is 2.44. The molecule has 1 heterocycles. The summed E-state index contributed by atoms with van der Waals surface area (Å²) in [6.45, 7) is 3.77. The van der Waals surface area contributed by atoms with Crippen LogP contribution in [0.2, 0.25) is 0 Å². The van der Waals surface area contributed by atoms with Crippen molar-refractivity contribution in [2.75, 3.05) is 13.2 Å². The maximum atomic E-state index is 13.2. The van der Waals surface area contributed by atoms with Crippen LogP contribution in [0.4, 0.5) is 0 Å². The summed E-state index contributed by atoms with van der Waals surface area (Å²) in [4.78, 5) is 13.2. The van der Waals surface area contributed by atoms with E-state index in [-0.39, 0.29) is 12.5 Å². The van der Waals surface area contributed by atoms with E-state index in [0.29, 0.717) is 12.8 Å². The van der Waals surface area contributed by atoms with Crippen LogP contribution in [0.1, 0.15) is 335 Å². The molecule has 0 aliphatic carbocycles. The van der Waals surface area contributed by atoms with Gasteiger partial charge in [0.2, 0.25) is 5.91 Å². The van der Waals surface area contributed by atoms with E-state index in [1.807, 2.05) is 0 Å². The molecule has 81 heavy (non-hydrogen) atoms. The van der Waals surface area contributed by atoms with Crippen molar-refractivity contribution >= 4 is 5.91 Å². The van der Waals surface area contributed by atoms with E-state index in [9.17, 15) is 30.3 Å². The lowest BCUT2D eigenvalue weighted by Gasteiger charge is -2.40. The lowest BCUT2D eigenvalue weighted by molar-refractivity contribution is -0.302. The number of carbonyl (C=O) groups is 1. The van der Waals surface area contributed by atoms with Crippen LogP contribution in [0.15, 0.2) is 60.8 Å². The molecule has 0 aromatic heterocycles. The van der Waals surface area contributed by atoms with Crippen LogP contribution in [-0.4, -0.2) is 87.5 Å². The van der Waals surface area contributed by atoms with Crippen molar-refractivity contribution in [2.45, 2.75) is 378 Å². The van der Waals surface area contributed by atoms with Gasteiger partial charge in [0.15, 0.2) is 6.29 Å². The van der Waals surface area contributed by atoms with E-state index in [1.54, 1.807) is 0 Å². The fourth-order valence-electron chi connectivity index (χ4n) is 11.2. The molecule has 0 bridgehead atoms. The summed E-state index contributed by atoms with van der Waals surface area (Å²) in [6.07, 6.45) is 77.1. The highest BCUT2D eigenvalue weighted by molar-refractivity contribution is 5.76. The maximum Gasteiger partial charge on any atom is 0.220 e. The average molecular weight is 1140 g/mol. The van der Waals surface area contributed by atoms with Crippen molar-refractivity contribution in [3.8, 4) is 0 Å². The van der Waals surface area contributed by atoms with E-state index in [0.717, 1.165) is 70.6 Å². The van der Waals surface area contributed by atoms with Crippen molar-refractivity contribution in [1.29, 1.82) is 0 Å². The lowest BCUT2D eigenvalue weighted by atomic mass is 9.99. The quantitative estimate of drug-likeness (QED) is 0.0261. The molecule has 1 aliphatic heterocycles. The van der Waals surface area contributed by atoms with Crippen molar-refractivity contribution in [3.05, 3.63) is 60.8 Å². The number of aliphatic hydroxyl groups excluding tert-OH is 5. The van der Waals surface area contributed by atoms with E-state index in [1.165, 1.54) is 238 Å². The number of hydrogen-bond acceptors (Lipinski definition) is 8. The Kier molecular flexibility index (Phi) is 57.9. The minimum atomic E-state index is -1.55. The first-order valence-electron chi connectivity index (χ1n) is 35.0. The topological polar surface area (TPSA) is 149 Å². The van der Waals surface area contributed by atoms with Gasteiger partial charge in [0.1, 0.15) is 24.4 Å². The van der Waals surface area contributed by atoms with Crippen molar-refractivity contribution in [1.82, 2.24) is 5.32 Å². The number of allylic oxidation sites excluding steroid dienone is 10. The number of rotatable bonds is 61. The molecule has 1 aliphatic rings. The Balaban J connectivity index is 2.09. The minimum absolute atomic E-state index is 0.135. The smallest absolute Gasteiger partial charge is 0.220 e. The zero-order valence-electron chi connectivity index (χ0n) is 53.0. The summed E-state index contributed by atoms with van der Waals surface area (Å²) in [5, 5.41) is 54.9. The summed E-state index contributed by atoms with van der Waals surface area (Å²) < 4.78 is 11.4. The van der Waals surface area contributed by atoms with Gasteiger partial charge in [0.05, 0.1) is 25.4 Å². The van der Waals surface area contributed by atoms with Crippen LogP contribution in [0.3, 0.4) is 0 Å². The molecule has 1 amide bonds. The third kappa shape index (κ3) is 49.8. The van der Waals surface area contributed by atoms with Crippen molar-refractivity contribution in [3.63, 3.8) is 0 Å². The number of nitrogens with one attached hydrogen (secondary N) is 1. The number of carbonyl (C=O) groups excluding carboxylic acids is 1. The van der Waals surface area contributed by atoms with Crippen molar-refractivity contribution in [2.24, 2.45) is 0 Å². The zero-order valence-corrected chi connectivity index (χ0v) is 53.0. The Morgan fingerprint density at radius 1 is 0.432 bits per heavy atom. The molecule has 474 valence electrons. The lowest BCUT2D eigenvalue weighted by Crippen LogP contribution is -2.60. The van der Waals surface area contributed by atoms with Crippen LogP contribution in [-0.2, 0) is 14.3 Å². The third-order valence-electron chi connectivity index (χ3n) is 16.6. The van der Waals surface area contributed by atoms with Gasteiger partial charge in [-0.25, -0.2) is 0 Å². The molecule has 1 saturated heterocycles. The largest absolute Gasteiger partial charge is 0.394 e. The Morgan fingerprint density at radius 2 is 0.765 bits per heavy atom. The van der Waals surface area contributed by atoms with Gasteiger partial charge in [0.25, 0.3) is 0 Å². The third-order valence-corrected chi connectivity index (χ3v) is 16.6. The van der Waals surface area contributed by atoms with Gasteiger partial charge in [-0.15, -0.1) is 0 Å². The summed E-state index contributed by atoms with van der Waals surface area (Å²) >= 11 is 0. The summed E-state index contributed by atoms with van der Waals surface area (Å²) in [5.74, 6) is -0.139. The first kappa shape index (κ1) is 76.9. The molecule has 7 unspecified atom stereocenters. The summed E-state index contributed by atoms with van der Waals surface area (Å²) in [5.41, 5.74) is 0. The molecular formula is C72H133NO8. The standard InChI is InChI=1S/C72H133NO8/c1-3-5-7-9-11-13-15-17-19-21-23-25-27-28-29-30-31-32-33-34-35-36-37-38-40-42-44-46-48-50-52-54-56-58-60-62-68(76)73-65(64-80-72-71(79)70(78)69(77)67(63-74)81-72)66(75)61-59-57-55-53-51-49-47-45-43-41-39-26-24-22-20-18-16-14-12-10-8-6-4-2/h5,7,11,13,17,19,23,25,28-29,65-67,69-72,74-75,77-79H,3-4,6,8-10,12,14-16,18,20-22,24,26-27,30-64H2,1-2H3,(H,73,76)/b7-5-,13-11-,19-17-,25-23-,29-28-. The van der Waals surface area contributed by atoms with Gasteiger partial charge >= 0.3 is 0 Å². The van der Waals surface area contributed by atoms with Gasteiger partial charge in [-0.2, -0.15) is 0 Å². The van der Waals surface area contributed by atoms with Crippen LogP contribution in [0, 0.1) is 0 Å². The molecule has 1 fully saturated rings. The minimum Gasteiger partial charge on any atom is -0.394 e. The molecule has 6 N–H and O–H groups in total. The van der Waals surface area contributed by atoms with Crippen LogP contribution in [0.5, 0.6) is 0 Å².